The molecule has 40 heavy (non-hydrogen) atoms. The fourth-order valence-electron chi connectivity index (χ4n) is 4.82. The van der Waals surface area contributed by atoms with E-state index in [-0.39, 0.29) is 0 Å². The molecule has 0 spiro atoms. The second kappa shape index (κ2) is 12.8. The zero-order valence-corrected chi connectivity index (χ0v) is 24.6. The summed E-state index contributed by atoms with van der Waals surface area (Å²) in [5.41, 5.74) is 3.59. The molecule has 0 unspecified atom stereocenters. The van der Waals surface area contributed by atoms with Gasteiger partial charge in [0, 0.05) is 24.2 Å². The van der Waals surface area contributed by atoms with Crippen LogP contribution in [-0.2, 0) is 10.0 Å². The van der Waals surface area contributed by atoms with Gasteiger partial charge in [-0.25, -0.2) is 13.4 Å². The molecule has 0 aliphatic carbocycles. The summed E-state index contributed by atoms with van der Waals surface area (Å²) in [6.45, 7) is 6.31. The summed E-state index contributed by atoms with van der Waals surface area (Å²) >= 11 is 1.53. The van der Waals surface area contributed by atoms with Crippen LogP contribution >= 0.6 is 11.3 Å². The molecule has 0 radical (unpaired) electrons. The smallest absolute Gasteiger partial charge is 0.243 e. The van der Waals surface area contributed by atoms with Crippen molar-refractivity contribution >= 4 is 27.0 Å². The molecule has 0 N–H and O–H groups in total. The second-order valence-corrected chi connectivity index (χ2v) is 12.3. The normalized spacial score (nSPS) is 15.1. The second-order valence-electron chi connectivity index (χ2n) is 9.55. The fraction of sp³-hybridized carbons (Fsp3) is 0.323. The summed E-state index contributed by atoms with van der Waals surface area (Å²) < 4.78 is 41.6. The lowest BCUT2D eigenvalue weighted by molar-refractivity contribution is 0.340. The molecule has 3 aromatic carbocycles. The van der Waals surface area contributed by atoms with Gasteiger partial charge in [0.25, 0.3) is 0 Å². The molecule has 1 saturated heterocycles. The van der Waals surface area contributed by atoms with Crippen LogP contribution < -0.4 is 14.3 Å². The monoisotopic (exact) mass is 577 g/mol. The number of nitrogens with zero attached hydrogens (tertiary/aromatic N) is 3. The molecule has 0 atom stereocenters. The van der Waals surface area contributed by atoms with Gasteiger partial charge in [0.15, 0.2) is 4.80 Å². The molecule has 7 nitrogen and oxygen atoms in total. The van der Waals surface area contributed by atoms with Gasteiger partial charge >= 0.3 is 0 Å². The Balaban J connectivity index is 1.53. The molecule has 1 aromatic heterocycles. The highest BCUT2D eigenvalue weighted by Gasteiger charge is 2.25. The number of sulfonamides is 1. The van der Waals surface area contributed by atoms with Crippen molar-refractivity contribution in [3.8, 4) is 28.4 Å². The molecule has 1 fully saturated rings. The van der Waals surface area contributed by atoms with Crippen LogP contribution in [0.4, 0.5) is 5.69 Å². The zero-order chi connectivity index (χ0) is 28.0. The van der Waals surface area contributed by atoms with Gasteiger partial charge in [-0.2, -0.15) is 4.31 Å². The van der Waals surface area contributed by atoms with E-state index in [1.54, 1.807) is 16.4 Å². The van der Waals surface area contributed by atoms with E-state index in [4.69, 9.17) is 14.5 Å². The Morgan fingerprint density at radius 3 is 1.93 bits per heavy atom. The number of benzene rings is 3. The van der Waals surface area contributed by atoms with Crippen molar-refractivity contribution in [3.05, 3.63) is 83.0 Å². The molecule has 1 aliphatic heterocycles. The molecule has 2 heterocycles. The van der Waals surface area contributed by atoms with E-state index in [0.29, 0.717) is 31.2 Å². The van der Waals surface area contributed by atoms with Crippen molar-refractivity contribution in [1.82, 2.24) is 8.87 Å². The molecule has 1 aliphatic rings. The van der Waals surface area contributed by atoms with E-state index in [9.17, 15) is 8.42 Å². The molecule has 210 valence electrons. The minimum Gasteiger partial charge on any atom is -0.494 e. The lowest BCUT2D eigenvalue weighted by Crippen LogP contribution is -2.31. The van der Waals surface area contributed by atoms with E-state index in [1.165, 1.54) is 11.3 Å². The van der Waals surface area contributed by atoms with Gasteiger partial charge in [0.2, 0.25) is 10.0 Å². The first-order valence-corrected chi connectivity index (χ1v) is 16.1. The van der Waals surface area contributed by atoms with Crippen molar-refractivity contribution < 1.29 is 17.9 Å². The zero-order valence-electron chi connectivity index (χ0n) is 23.0. The topological polar surface area (TPSA) is 73.1 Å². The first-order chi connectivity index (χ1) is 19.5. The summed E-state index contributed by atoms with van der Waals surface area (Å²) in [6.07, 6.45) is 3.99. The Bertz CT molecular complexity index is 1570. The maximum atomic E-state index is 13.3. The van der Waals surface area contributed by atoms with Gasteiger partial charge < -0.3 is 9.47 Å². The van der Waals surface area contributed by atoms with Crippen LogP contribution in [0, 0.1) is 0 Å². The Hall–Kier alpha value is -3.40. The molecule has 0 amide bonds. The quantitative estimate of drug-likeness (QED) is 0.219. The summed E-state index contributed by atoms with van der Waals surface area (Å²) in [5, 5.41) is 2.06. The number of thiazole rings is 1. The molecular weight excluding hydrogens is 542 g/mol. The van der Waals surface area contributed by atoms with E-state index in [0.717, 1.165) is 64.6 Å². The highest BCUT2D eigenvalue weighted by molar-refractivity contribution is 7.89. The molecule has 5 rings (SSSR count). The van der Waals surface area contributed by atoms with Crippen LogP contribution in [-0.4, -0.2) is 43.6 Å². The first kappa shape index (κ1) is 28.1. The van der Waals surface area contributed by atoms with Crippen molar-refractivity contribution in [1.29, 1.82) is 0 Å². The van der Waals surface area contributed by atoms with Crippen LogP contribution in [0.5, 0.6) is 11.5 Å². The SMILES string of the molecule is CCOc1ccc(N=c2scc(-c3ccc(S(=O)(=O)N4CCCCCC4)cc3)n2-c2ccc(OCC)cc2)cc1. The summed E-state index contributed by atoms with van der Waals surface area (Å²) in [5.74, 6) is 1.61. The first-order valence-electron chi connectivity index (χ1n) is 13.8. The minimum atomic E-state index is -3.51. The molecule has 4 aromatic rings. The van der Waals surface area contributed by atoms with E-state index in [2.05, 4.69) is 9.95 Å². The van der Waals surface area contributed by atoms with Crippen LogP contribution in [0.2, 0.25) is 0 Å². The number of rotatable bonds is 9. The fourth-order valence-corrected chi connectivity index (χ4v) is 7.26. The van der Waals surface area contributed by atoms with Crippen LogP contribution in [0.15, 0.2) is 88.1 Å². The molecule has 0 bridgehead atoms. The molecule has 9 heteroatoms. The summed E-state index contributed by atoms with van der Waals surface area (Å²) in [4.78, 5) is 6.07. The highest BCUT2D eigenvalue weighted by Crippen LogP contribution is 2.28. The lowest BCUT2D eigenvalue weighted by atomic mass is 10.1. The van der Waals surface area contributed by atoms with Crippen LogP contribution in [0.25, 0.3) is 16.9 Å². The predicted octanol–water partition coefficient (Wildman–Crippen LogP) is 6.80. The van der Waals surface area contributed by atoms with Gasteiger partial charge in [-0.3, -0.25) is 4.57 Å². The van der Waals surface area contributed by atoms with E-state index < -0.39 is 10.0 Å². The number of hydrogen-bond acceptors (Lipinski definition) is 6. The van der Waals surface area contributed by atoms with Crippen molar-refractivity contribution in [2.24, 2.45) is 4.99 Å². The third-order valence-electron chi connectivity index (χ3n) is 6.84. The Morgan fingerprint density at radius 2 is 1.35 bits per heavy atom. The number of ether oxygens (including phenoxy) is 2. The third kappa shape index (κ3) is 6.32. The highest BCUT2D eigenvalue weighted by atomic mass is 32.2. The standard InChI is InChI=1S/C31H35N3O4S2/c1-3-37-27-15-11-25(12-16-27)32-31-34(26-13-17-28(18-14-26)38-4-2)30(23-39-31)24-9-19-29(20-10-24)40(35,36)33-21-7-5-6-8-22-33/h9-20,23H,3-8,21-22H2,1-2H3. The number of hydrogen-bond donors (Lipinski definition) is 0. The minimum absolute atomic E-state index is 0.334. The Labute approximate surface area is 240 Å². The lowest BCUT2D eigenvalue weighted by Gasteiger charge is -2.20. The van der Waals surface area contributed by atoms with Gasteiger partial charge in [0.1, 0.15) is 11.5 Å². The Kier molecular flexibility index (Phi) is 9.04. The van der Waals surface area contributed by atoms with Gasteiger partial charge in [-0.05, 0) is 92.9 Å². The van der Waals surface area contributed by atoms with Gasteiger partial charge in [0.05, 0.1) is 29.5 Å². The van der Waals surface area contributed by atoms with E-state index in [1.807, 2.05) is 74.5 Å². The summed E-state index contributed by atoms with van der Waals surface area (Å²) in [7, 11) is -3.51. The maximum Gasteiger partial charge on any atom is 0.243 e. The third-order valence-corrected chi connectivity index (χ3v) is 9.58. The average molecular weight is 578 g/mol. The average Bonchev–Trinajstić information content (AvgIpc) is 3.18. The Morgan fingerprint density at radius 1 is 0.775 bits per heavy atom. The number of aromatic nitrogens is 1. The molecule has 0 saturated carbocycles. The predicted molar refractivity (Wildman–Crippen MR) is 160 cm³/mol. The van der Waals surface area contributed by atoms with Crippen LogP contribution in [0.3, 0.4) is 0 Å². The van der Waals surface area contributed by atoms with Crippen LogP contribution in [0.1, 0.15) is 39.5 Å². The van der Waals surface area contributed by atoms with Crippen molar-refractivity contribution in [2.45, 2.75) is 44.4 Å². The largest absolute Gasteiger partial charge is 0.494 e. The maximum absolute atomic E-state index is 13.3. The summed E-state index contributed by atoms with van der Waals surface area (Å²) in [6, 6.07) is 22.9. The van der Waals surface area contributed by atoms with Gasteiger partial charge in [-0.15, -0.1) is 11.3 Å². The van der Waals surface area contributed by atoms with Crippen molar-refractivity contribution in [3.63, 3.8) is 0 Å². The van der Waals surface area contributed by atoms with E-state index >= 15 is 0 Å². The van der Waals surface area contributed by atoms with Gasteiger partial charge in [-0.1, -0.05) is 25.0 Å². The molecular formula is C31H35N3O4S2. The van der Waals surface area contributed by atoms with Crippen molar-refractivity contribution in [2.75, 3.05) is 26.3 Å².